The lowest BCUT2D eigenvalue weighted by Crippen LogP contribution is -2.48. The summed E-state index contributed by atoms with van der Waals surface area (Å²) >= 11 is 0. The lowest BCUT2D eigenvalue weighted by molar-refractivity contribution is -0.115. The highest BCUT2D eigenvalue weighted by Crippen LogP contribution is 2.24. The molecule has 0 aliphatic carbocycles. The maximum absolute atomic E-state index is 13.3. The van der Waals surface area contributed by atoms with E-state index >= 15 is 0 Å². The van der Waals surface area contributed by atoms with E-state index < -0.39 is 6.29 Å². The van der Waals surface area contributed by atoms with Crippen LogP contribution in [0.5, 0.6) is 0 Å². The van der Waals surface area contributed by atoms with Gasteiger partial charge < -0.3 is 43.1 Å². The molecule has 0 aliphatic heterocycles. The van der Waals surface area contributed by atoms with Gasteiger partial charge in [-0.05, 0) is 48.7 Å². The summed E-state index contributed by atoms with van der Waals surface area (Å²) in [6.07, 6.45) is 2.52. The van der Waals surface area contributed by atoms with E-state index in [0.717, 1.165) is 27.4 Å². The molecule has 0 spiro atoms. The summed E-state index contributed by atoms with van der Waals surface area (Å²) in [7, 11) is 0. The van der Waals surface area contributed by atoms with Crippen LogP contribution >= 0.6 is 0 Å². The molecule has 38 heavy (non-hydrogen) atoms. The van der Waals surface area contributed by atoms with Gasteiger partial charge in [0.2, 0.25) is 5.91 Å². The number of benzene rings is 2. The zero-order chi connectivity index (χ0) is 27.1. The fraction of sp³-hybridized carbons (Fsp3) is 0.269. The summed E-state index contributed by atoms with van der Waals surface area (Å²) in [6, 6.07) is 15.4. The topological polar surface area (TPSA) is 207 Å². The van der Waals surface area contributed by atoms with Crippen LogP contribution < -0.4 is 38.9 Å². The van der Waals surface area contributed by atoms with Gasteiger partial charge in [0.05, 0.1) is 6.54 Å². The number of H-pyrrole nitrogens is 1. The van der Waals surface area contributed by atoms with Crippen molar-refractivity contribution < 1.29 is 9.59 Å². The summed E-state index contributed by atoms with van der Waals surface area (Å²) in [5.41, 5.74) is 25.9. The molecule has 2 heterocycles. The lowest BCUT2D eigenvalue weighted by Gasteiger charge is -2.11. The zero-order valence-corrected chi connectivity index (χ0v) is 21.0. The summed E-state index contributed by atoms with van der Waals surface area (Å²) in [4.78, 5) is 32.7. The van der Waals surface area contributed by atoms with Crippen LogP contribution in [0.15, 0.2) is 59.7 Å². The van der Waals surface area contributed by atoms with Gasteiger partial charge in [0.1, 0.15) is 12.0 Å². The predicted molar refractivity (Wildman–Crippen MR) is 150 cm³/mol. The highest BCUT2D eigenvalue weighted by atomic mass is 16.2. The van der Waals surface area contributed by atoms with Crippen LogP contribution in [0.3, 0.4) is 0 Å². The van der Waals surface area contributed by atoms with E-state index in [-0.39, 0.29) is 24.3 Å². The first-order valence-corrected chi connectivity index (χ1v) is 12.4. The van der Waals surface area contributed by atoms with Crippen LogP contribution in [-0.2, 0) is 17.8 Å². The number of rotatable bonds is 12. The molecule has 2 aromatic heterocycles. The Morgan fingerprint density at radius 3 is 2.68 bits per heavy atom. The predicted octanol–water partition coefficient (Wildman–Crippen LogP) is 0.488. The number of anilines is 1. The first-order chi connectivity index (χ1) is 18.3. The summed E-state index contributed by atoms with van der Waals surface area (Å²) in [5.74, 6) is -0.435. The highest BCUT2D eigenvalue weighted by molar-refractivity contribution is 6.01. The number of hydrogen-bond donors (Lipinski definition) is 8. The molecule has 0 saturated heterocycles. The van der Waals surface area contributed by atoms with Crippen LogP contribution in [0.25, 0.3) is 21.8 Å². The molecule has 0 radical (unpaired) electrons. The molecule has 12 heteroatoms. The van der Waals surface area contributed by atoms with Crippen molar-refractivity contribution in [3.05, 3.63) is 66.0 Å². The summed E-state index contributed by atoms with van der Waals surface area (Å²) in [5, 5.41) is 10.5. The van der Waals surface area contributed by atoms with Crippen molar-refractivity contribution in [1.82, 2.24) is 20.2 Å². The molecule has 12 nitrogen and oxygen atoms in total. The van der Waals surface area contributed by atoms with Crippen LogP contribution in [-0.4, -0.2) is 53.2 Å². The van der Waals surface area contributed by atoms with Crippen molar-refractivity contribution in [2.24, 2.45) is 27.9 Å². The van der Waals surface area contributed by atoms with E-state index in [0.29, 0.717) is 43.9 Å². The monoisotopic (exact) mass is 518 g/mol. The molecule has 12 N–H and O–H groups in total. The fourth-order valence-corrected chi connectivity index (χ4v) is 4.37. The first kappa shape index (κ1) is 26.7. The number of carbonyl (C=O) groups is 2. The molecule has 4 aromatic rings. The third kappa shape index (κ3) is 6.68. The Balaban J connectivity index is 1.50. The van der Waals surface area contributed by atoms with Gasteiger partial charge in [-0.25, -0.2) is 0 Å². The molecule has 0 saturated carbocycles. The number of nitrogens with one attached hydrogen (secondary N) is 4. The first-order valence-electron chi connectivity index (χ1n) is 12.4. The average molecular weight is 519 g/mol. The van der Waals surface area contributed by atoms with Gasteiger partial charge >= 0.3 is 0 Å². The van der Waals surface area contributed by atoms with Gasteiger partial charge in [-0.2, -0.15) is 0 Å². The van der Waals surface area contributed by atoms with E-state index in [9.17, 15) is 9.59 Å². The number of para-hydroxylation sites is 1. The minimum Gasteiger partial charge on any atom is -0.370 e. The maximum Gasteiger partial charge on any atom is 0.267 e. The number of amides is 2. The van der Waals surface area contributed by atoms with Gasteiger partial charge in [0.15, 0.2) is 5.96 Å². The zero-order valence-electron chi connectivity index (χ0n) is 21.0. The third-order valence-corrected chi connectivity index (χ3v) is 6.11. The van der Waals surface area contributed by atoms with Gasteiger partial charge in [-0.1, -0.05) is 18.2 Å². The maximum atomic E-state index is 13.3. The fourth-order valence-electron chi connectivity index (χ4n) is 4.37. The Bertz CT molecular complexity index is 1450. The third-order valence-electron chi connectivity index (χ3n) is 6.11. The number of carbonyl (C=O) groups excluding carboxylic acids is 2. The van der Waals surface area contributed by atoms with Crippen LogP contribution in [0, 0.1) is 0 Å². The Kier molecular flexibility index (Phi) is 8.58. The minimum absolute atomic E-state index is 0.0222. The standard InChI is InChI=1S/C26H34N10O2/c27-25(28)32-9-3-11-36-21-7-6-18(35-23(37)15-34-26(29)30)12-17(21)13-22(36)24(38)31-10-8-16-14-33-20-5-2-1-4-19(16)20/h1-2,4-7,12-14,26,33-34H,3,8-11,15,29-30H2,(H,31,38)(H,35,37)(H4,27,28,32). The summed E-state index contributed by atoms with van der Waals surface area (Å²) < 4.78 is 1.94. The Labute approximate surface area is 219 Å². The lowest BCUT2D eigenvalue weighted by atomic mass is 10.1. The second-order valence-corrected chi connectivity index (χ2v) is 8.94. The molecule has 0 fully saturated rings. The molecule has 0 bridgehead atoms. The molecule has 0 aliphatic rings. The van der Waals surface area contributed by atoms with Crippen molar-refractivity contribution >= 4 is 45.3 Å². The van der Waals surface area contributed by atoms with Gasteiger partial charge in [0, 0.05) is 53.3 Å². The normalized spacial score (nSPS) is 11.2. The van der Waals surface area contributed by atoms with Gasteiger partial charge in [-0.3, -0.25) is 19.9 Å². The van der Waals surface area contributed by atoms with Gasteiger partial charge in [-0.15, -0.1) is 0 Å². The van der Waals surface area contributed by atoms with Crippen LogP contribution in [0.1, 0.15) is 22.5 Å². The summed E-state index contributed by atoms with van der Waals surface area (Å²) in [6.45, 7) is 1.43. The molecule has 2 aromatic carbocycles. The highest BCUT2D eigenvalue weighted by Gasteiger charge is 2.16. The number of aromatic nitrogens is 2. The average Bonchev–Trinajstić information content (AvgIpc) is 3.46. The molecule has 200 valence electrons. The molecule has 0 unspecified atom stereocenters. The van der Waals surface area contributed by atoms with E-state index in [4.69, 9.17) is 22.9 Å². The molecule has 4 rings (SSSR count). The molecular formula is C26H34N10O2. The largest absolute Gasteiger partial charge is 0.370 e. The SMILES string of the molecule is NC(N)=NCCCn1c(C(=O)NCCc2c[nH]c3ccccc23)cc2cc(NC(=O)CNC(N)N)ccc21. The smallest absolute Gasteiger partial charge is 0.267 e. The van der Waals surface area contributed by atoms with Crippen molar-refractivity contribution in [1.29, 1.82) is 0 Å². The molecule has 0 atom stereocenters. The number of hydrogen-bond acceptors (Lipinski definition) is 6. The Morgan fingerprint density at radius 2 is 1.89 bits per heavy atom. The number of guanidine groups is 1. The van der Waals surface area contributed by atoms with Crippen molar-refractivity contribution in [3.63, 3.8) is 0 Å². The van der Waals surface area contributed by atoms with Crippen molar-refractivity contribution in [2.75, 3.05) is 25.0 Å². The van der Waals surface area contributed by atoms with Crippen LogP contribution in [0.4, 0.5) is 5.69 Å². The Hall–Kier alpha value is -4.39. The Morgan fingerprint density at radius 1 is 1.08 bits per heavy atom. The molecular weight excluding hydrogens is 484 g/mol. The number of aryl methyl sites for hydroxylation is 1. The van der Waals surface area contributed by atoms with E-state index in [1.54, 1.807) is 6.07 Å². The van der Waals surface area contributed by atoms with E-state index in [2.05, 4.69) is 32.0 Å². The number of nitrogens with two attached hydrogens (primary N) is 4. The quantitative estimate of drug-likeness (QED) is 0.0575. The van der Waals surface area contributed by atoms with E-state index in [1.807, 2.05) is 47.2 Å². The number of fused-ring (bicyclic) bond motifs is 2. The number of nitrogens with zero attached hydrogens (tertiary/aromatic N) is 2. The second kappa shape index (κ2) is 12.2. The number of aromatic amines is 1. The van der Waals surface area contributed by atoms with Crippen molar-refractivity contribution in [2.45, 2.75) is 25.7 Å². The second-order valence-electron chi connectivity index (χ2n) is 8.94. The van der Waals surface area contributed by atoms with E-state index in [1.165, 1.54) is 0 Å². The van der Waals surface area contributed by atoms with Crippen LogP contribution in [0.2, 0.25) is 0 Å². The van der Waals surface area contributed by atoms with Gasteiger partial charge in [0.25, 0.3) is 5.91 Å². The molecule has 2 amide bonds. The minimum atomic E-state index is -0.784. The number of aliphatic imine (C=N–C) groups is 1. The van der Waals surface area contributed by atoms with Crippen molar-refractivity contribution in [3.8, 4) is 0 Å².